The van der Waals surface area contributed by atoms with Crippen LogP contribution in [-0.2, 0) is 17.8 Å². The van der Waals surface area contributed by atoms with Crippen molar-refractivity contribution in [2.45, 2.75) is 65.3 Å². The first-order valence-corrected chi connectivity index (χ1v) is 11.6. The number of aromatic nitrogens is 2. The number of amides is 1. The number of hydrogen-bond acceptors (Lipinski definition) is 3. The van der Waals surface area contributed by atoms with E-state index in [1.807, 2.05) is 31.2 Å². The van der Waals surface area contributed by atoms with Crippen molar-refractivity contribution in [3.63, 3.8) is 0 Å². The van der Waals surface area contributed by atoms with Gasteiger partial charge >= 0.3 is 0 Å². The molecule has 1 heterocycles. The van der Waals surface area contributed by atoms with Gasteiger partial charge in [-0.2, -0.15) is 0 Å². The minimum atomic E-state index is 0.164. The van der Waals surface area contributed by atoms with Crippen LogP contribution in [0.3, 0.4) is 0 Å². The summed E-state index contributed by atoms with van der Waals surface area (Å²) in [4.78, 5) is 16.4. The number of imidazole rings is 1. The van der Waals surface area contributed by atoms with Crippen LogP contribution < -0.4 is 10.1 Å². The minimum Gasteiger partial charge on any atom is -0.493 e. The number of carbonyl (C=O) groups excluding carboxylic acids is 1. The van der Waals surface area contributed by atoms with Crippen LogP contribution in [0.25, 0.3) is 11.0 Å². The molecule has 0 unspecified atom stereocenters. The van der Waals surface area contributed by atoms with Crippen LogP contribution in [0.5, 0.6) is 5.75 Å². The SMILES string of the molecule is CCCC(=O)NCCCCCc1nc2ccccc2n1CCCOc1ccccc1C. The van der Waals surface area contributed by atoms with Crippen LogP contribution in [0.1, 0.15) is 56.8 Å². The van der Waals surface area contributed by atoms with Crippen molar-refractivity contribution in [3.8, 4) is 5.75 Å². The summed E-state index contributed by atoms with van der Waals surface area (Å²) in [5, 5.41) is 2.99. The van der Waals surface area contributed by atoms with Gasteiger partial charge in [0.2, 0.25) is 5.91 Å². The van der Waals surface area contributed by atoms with Crippen molar-refractivity contribution in [1.29, 1.82) is 0 Å². The third-order valence-corrected chi connectivity index (χ3v) is 5.49. The third-order valence-electron chi connectivity index (χ3n) is 5.49. The number of nitrogens with zero attached hydrogens (tertiary/aromatic N) is 2. The van der Waals surface area contributed by atoms with Gasteiger partial charge in [0.25, 0.3) is 0 Å². The van der Waals surface area contributed by atoms with Gasteiger partial charge in [0.05, 0.1) is 17.6 Å². The predicted octanol–water partition coefficient (Wildman–Crippen LogP) is 5.44. The van der Waals surface area contributed by atoms with Crippen molar-refractivity contribution in [1.82, 2.24) is 14.9 Å². The molecular formula is C26H35N3O2. The average Bonchev–Trinajstić information content (AvgIpc) is 3.12. The monoisotopic (exact) mass is 421 g/mol. The van der Waals surface area contributed by atoms with Crippen LogP contribution >= 0.6 is 0 Å². The smallest absolute Gasteiger partial charge is 0.219 e. The summed E-state index contributed by atoms with van der Waals surface area (Å²) < 4.78 is 8.33. The second-order valence-corrected chi connectivity index (χ2v) is 8.05. The number of rotatable bonds is 13. The Hall–Kier alpha value is -2.82. The lowest BCUT2D eigenvalue weighted by molar-refractivity contribution is -0.121. The number of carbonyl (C=O) groups is 1. The van der Waals surface area contributed by atoms with Crippen molar-refractivity contribution in [2.75, 3.05) is 13.2 Å². The molecule has 0 saturated carbocycles. The number of unbranched alkanes of at least 4 members (excludes halogenated alkanes) is 2. The molecule has 0 aliphatic heterocycles. The number of hydrogen-bond donors (Lipinski definition) is 1. The van der Waals surface area contributed by atoms with Gasteiger partial charge in [0.1, 0.15) is 11.6 Å². The standard InChI is InChI=1S/C26H35N3O2/c1-3-12-26(30)27-18-10-4-5-17-25-28-22-14-7-8-15-23(22)29(25)19-11-20-31-24-16-9-6-13-21(24)2/h6-9,13-16H,3-5,10-12,17-20H2,1-2H3,(H,27,30). The summed E-state index contributed by atoms with van der Waals surface area (Å²) in [6.45, 7) is 6.46. The molecule has 1 aromatic heterocycles. The molecule has 3 rings (SSSR count). The number of fused-ring (bicyclic) bond motifs is 1. The highest BCUT2D eigenvalue weighted by Gasteiger charge is 2.10. The Labute approximate surface area is 185 Å². The molecule has 166 valence electrons. The molecule has 0 bridgehead atoms. The van der Waals surface area contributed by atoms with Gasteiger partial charge in [-0.05, 0) is 56.4 Å². The Kier molecular flexibility index (Phi) is 8.95. The highest BCUT2D eigenvalue weighted by molar-refractivity contribution is 5.76. The molecule has 0 aliphatic rings. The van der Waals surface area contributed by atoms with E-state index in [-0.39, 0.29) is 5.91 Å². The summed E-state index contributed by atoms with van der Waals surface area (Å²) in [5.74, 6) is 2.27. The Morgan fingerprint density at radius 2 is 1.84 bits per heavy atom. The highest BCUT2D eigenvalue weighted by atomic mass is 16.5. The van der Waals surface area contributed by atoms with E-state index in [1.54, 1.807) is 0 Å². The van der Waals surface area contributed by atoms with E-state index in [2.05, 4.69) is 41.1 Å². The van der Waals surface area contributed by atoms with Crippen molar-refractivity contribution < 1.29 is 9.53 Å². The maximum absolute atomic E-state index is 11.5. The average molecular weight is 422 g/mol. The molecule has 2 aromatic carbocycles. The molecule has 5 heteroatoms. The predicted molar refractivity (Wildman–Crippen MR) is 126 cm³/mol. The number of ether oxygens (including phenoxy) is 1. The molecule has 0 fully saturated rings. The number of nitrogens with one attached hydrogen (secondary N) is 1. The molecule has 1 amide bonds. The molecule has 1 N–H and O–H groups in total. The second-order valence-electron chi connectivity index (χ2n) is 8.05. The summed E-state index contributed by atoms with van der Waals surface area (Å²) in [5.41, 5.74) is 3.42. The van der Waals surface area contributed by atoms with Gasteiger partial charge in [-0.3, -0.25) is 4.79 Å². The molecule has 0 atom stereocenters. The van der Waals surface area contributed by atoms with Crippen molar-refractivity contribution in [3.05, 3.63) is 59.9 Å². The molecule has 5 nitrogen and oxygen atoms in total. The van der Waals surface area contributed by atoms with Crippen LogP contribution in [0.2, 0.25) is 0 Å². The molecular weight excluding hydrogens is 386 g/mol. The lowest BCUT2D eigenvalue weighted by atomic mass is 10.2. The van der Waals surface area contributed by atoms with Gasteiger partial charge < -0.3 is 14.6 Å². The van der Waals surface area contributed by atoms with E-state index in [0.717, 1.165) is 68.7 Å². The second kappa shape index (κ2) is 12.1. The lowest BCUT2D eigenvalue weighted by Gasteiger charge is -2.12. The summed E-state index contributed by atoms with van der Waals surface area (Å²) in [7, 11) is 0. The highest BCUT2D eigenvalue weighted by Crippen LogP contribution is 2.20. The molecule has 3 aromatic rings. The Morgan fingerprint density at radius 1 is 1.03 bits per heavy atom. The van der Waals surface area contributed by atoms with Crippen LogP contribution in [-0.4, -0.2) is 28.6 Å². The zero-order valence-corrected chi connectivity index (χ0v) is 18.9. The number of benzene rings is 2. The normalized spacial score (nSPS) is 11.0. The van der Waals surface area contributed by atoms with Gasteiger partial charge in [-0.1, -0.05) is 43.7 Å². The largest absolute Gasteiger partial charge is 0.493 e. The third kappa shape index (κ3) is 6.84. The molecule has 0 spiro atoms. The van der Waals surface area contributed by atoms with E-state index < -0.39 is 0 Å². The summed E-state index contributed by atoms with van der Waals surface area (Å²) in [6, 6.07) is 16.5. The van der Waals surface area contributed by atoms with Gasteiger partial charge in [-0.25, -0.2) is 4.98 Å². The van der Waals surface area contributed by atoms with Crippen LogP contribution in [0, 0.1) is 6.92 Å². The molecule has 0 radical (unpaired) electrons. The zero-order valence-electron chi connectivity index (χ0n) is 18.9. The molecule has 0 aliphatic carbocycles. The lowest BCUT2D eigenvalue weighted by Crippen LogP contribution is -2.23. The van der Waals surface area contributed by atoms with E-state index in [0.29, 0.717) is 13.0 Å². The summed E-state index contributed by atoms with van der Waals surface area (Å²) in [6.07, 6.45) is 6.59. The van der Waals surface area contributed by atoms with Crippen LogP contribution in [0.4, 0.5) is 0 Å². The van der Waals surface area contributed by atoms with E-state index in [9.17, 15) is 4.79 Å². The summed E-state index contributed by atoms with van der Waals surface area (Å²) >= 11 is 0. The fourth-order valence-electron chi connectivity index (χ4n) is 3.82. The quantitative estimate of drug-likeness (QED) is 0.374. The first-order valence-electron chi connectivity index (χ1n) is 11.6. The fraction of sp³-hybridized carbons (Fsp3) is 0.462. The zero-order chi connectivity index (χ0) is 21.9. The minimum absolute atomic E-state index is 0.164. The topological polar surface area (TPSA) is 56.2 Å². The Morgan fingerprint density at radius 3 is 2.68 bits per heavy atom. The van der Waals surface area contributed by atoms with Gasteiger partial charge in [0.15, 0.2) is 0 Å². The van der Waals surface area contributed by atoms with E-state index >= 15 is 0 Å². The maximum Gasteiger partial charge on any atom is 0.219 e. The fourth-order valence-corrected chi connectivity index (χ4v) is 3.82. The van der Waals surface area contributed by atoms with Crippen LogP contribution in [0.15, 0.2) is 48.5 Å². The van der Waals surface area contributed by atoms with Crippen molar-refractivity contribution in [2.24, 2.45) is 0 Å². The Balaban J connectivity index is 1.50. The van der Waals surface area contributed by atoms with E-state index in [1.165, 1.54) is 11.1 Å². The maximum atomic E-state index is 11.5. The first kappa shape index (κ1) is 22.9. The van der Waals surface area contributed by atoms with Gasteiger partial charge in [0, 0.05) is 25.9 Å². The molecule has 31 heavy (non-hydrogen) atoms. The van der Waals surface area contributed by atoms with Gasteiger partial charge in [-0.15, -0.1) is 0 Å². The first-order chi connectivity index (χ1) is 15.2. The van der Waals surface area contributed by atoms with Crippen molar-refractivity contribution >= 4 is 16.9 Å². The number of aryl methyl sites for hydroxylation is 3. The molecule has 0 saturated heterocycles. The number of para-hydroxylation sites is 3. The Bertz CT molecular complexity index is 964. The van der Waals surface area contributed by atoms with E-state index in [4.69, 9.17) is 9.72 Å².